The molecule has 0 fully saturated rings. The Kier molecular flexibility index (Phi) is 4.72. The van der Waals surface area contributed by atoms with Crippen LogP contribution in [-0.4, -0.2) is 32.7 Å². The highest BCUT2D eigenvalue weighted by Crippen LogP contribution is 2.34. The second kappa shape index (κ2) is 7.09. The van der Waals surface area contributed by atoms with E-state index in [0.29, 0.717) is 26.6 Å². The molecule has 0 saturated heterocycles. The van der Waals surface area contributed by atoms with E-state index in [2.05, 4.69) is 15.4 Å². The number of carbonyl (C=O) groups excluding carboxylic acids is 3. The predicted octanol–water partition coefficient (Wildman–Crippen LogP) is 4.00. The van der Waals surface area contributed by atoms with Crippen LogP contribution in [0.2, 0.25) is 10.2 Å². The summed E-state index contributed by atoms with van der Waals surface area (Å²) in [7, 11) is 0. The molecule has 0 atom stereocenters. The van der Waals surface area contributed by atoms with E-state index >= 15 is 0 Å². The van der Waals surface area contributed by atoms with Gasteiger partial charge in [-0.1, -0.05) is 37.0 Å². The Morgan fingerprint density at radius 2 is 1.79 bits per heavy atom. The van der Waals surface area contributed by atoms with Gasteiger partial charge in [-0.15, -0.1) is 0 Å². The zero-order chi connectivity index (χ0) is 20.9. The molecule has 0 bridgehead atoms. The van der Waals surface area contributed by atoms with Gasteiger partial charge in [-0.3, -0.25) is 24.8 Å². The predicted molar refractivity (Wildman–Crippen MR) is 108 cm³/mol. The first-order valence-electron chi connectivity index (χ1n) is 8.72. The van der Waals surface area contributed by atoms with Gasteiger partial charge in [0.1, 0.15) is 5.15 Å². The highest BCUT2D eigenvalue weighted by atomic mass is 35.5. The quantitative estimate of drug-likeness (QED) is 0.502. The van der Waals surface area contributed by atoms with E-state index < -0.39 is 17.7 Å². The van der Waals surface area contributed by atoms with Gasteiger partial charge in [-0.2, -0.15) is 5.01 Å². The number of benzene rings is 1. The van der Waals surface area contributed by atoms with Crippen LogP contribution >= 0.6 is 23.2 Å². The van der Waals surface area contributed by atoms with Crippen molar-refractivity contribution in [3.05, 3.63) is 69.1 Å². The summed E-state index contributed by atoms with van der Waals surface area (Å²) in [6.07, 6.45) is 1.26. The van der Waals surface area contributed by atoms with Gasteiger partial charge in [0, 0.05) is 16.6 Å². The second-order valence-corrected chi connectivity index (χ2v) is 7.64. The van der Waals surface area contributed by atoms with Crippen molar-refractivity contribution in [3.8, 4) is 0 Å². The maximum Gasteiger partial charge on any atom is 0.282 e. The lowest BCUT2D eigenvalue weighted by Crippen LogP contribution is -2.46. The zero-order valence-electron chi connectivity index (χ0n) is 15.4. The smallest absolute Gasteiger partial charge is 0.267 e. The van der Waals surface area contributed by atoms with E-state index in [1.807, 2.05) is 13.8 Å². The number of fused-ring (bicyclic) bond motifs is 3. The van der Waals surface area contributed by atoms with E-state index in [1.165, 1.54) is 18.3 Å². The normalized spacial score (nSPS) is 13.3. The van der Waals surface area contributed by atoms with E-state index in [0.717, 1.165) is 0 Å². The molecule has 1 aliphatic rings. The molecular formula is C20H14Cl2N4O3. The molecule has 29 heavy (non-hydrogen) atoms. The zero-order valence-corrected chi connectivity index (χ0v) is 16.9. The van der Waals surface area contributed by atoms with Crippen molar-refractivity contribution in [2.45, 2.75) is 19.8 Å². The molecule has 0 aliphatic carbocycles. The number of hydrogen-bond acceptors (Lipinski definition) is 5. The topological polar surface area (TPSA) is 92.3 Å². The van der Waals surface area contributed by atoms with Crippen LogP contribution in [0.25, 0.3) is 10.9 Å². The summed E-state index contributed by atoms with van der Waals surface area (Å²) in [6.45, 7) is 3.76. The second-order valence-electron chi connectivity index (χ2n) is 6.82. The number of amides is 3. The van der Waals surface area contributed by atoms with Crippen molar-refractivity contribution >= 4 is 51.8 Å². The van der Waals surface area contributed by atoms with Gasteiger partial charge in [-0.25, -0.2) is 4.98 Å². The van der Waals surface area contributed by atoms with Gasteiger partial charge in [0.25, 0.3) is 17.7 Å². The minimum absolute atomic E-state index is 0.114. The molecule has 1 N–H and O–H groups in total. The average Bonchev–Trinajstić information content (AvgIpc) is 2.93. The summed E-state index contributed by atoms with van der Waals surface area (Å²) in [6, 6.07) is 7.84. The molecule has 7 nitrogen and oxygen atoms in total. The summed E-state index contributed by atoms with van der Waals surface area (Å²) in [4.78, 5) is 47.1. The molecule has 1 aromatic carbocycles. The molecule has 0 saturated carbocycles. The number of aromatic nitrogens is 2. The average molecular weight is 429 g/mol. The molecule has 2 aromatic heterocycles. The molecule has 146 valence electrons. The molecule has 1 aliphatic heterocycles. The van der Waals surface area contributed by atoms with Gasteiger partial charge in [0.15, 0.2) is 0 Å². The maximum absolute atomic E-state index is 13.1. The van der Waals surface area contributed by atoms with E-state index in [9.17, 15) is 14.4 Å². The molecular weight excluding hydrogens is 415 g/mol. The van der Waals surface area contributed by atoms with Crippen molar-refractivity contribution in [2.75, 3.05) is 0 Å². The Hall–Kier alpha value is -3.03. The van der Waals surface area contributed by atoms with E-state index in [-0.39, 0.29) is 27.8 Å². The van der Waals surface area contributed by atoms with Crippen LogP contribution in [0, 0.1) is 0 Å². The molecule has 3 amide bonds. The first-order valence-corrected chi connectivity index (χ1v) is 9.48. The lowest BCUT2D eigenvalue weighted by Gasteiger charge is -2.15. The third kappa shape index (κ3) is 3.22. The van der Waals surface area contributed by atoms with Gasteiger partial charge in [-0.05, 0) is 36.2 Å². The van der Waals surface area contributed by atoms with E-state index in [4.69, 9.17) is 23.2 Å². The maximum atomic E-state index is 13.1. The first-order chi connectivity index (χ1) is 13.8. The van der Waals surface area contributed by atoms with Crippen molar-refractivity contribution in [1.29, 1.82) is 0 Å². The van der Waals surface area contributed by atoms with Crippen molar-refractivity contribution in [3.63, 3.8) is 0 Å². The molecule has 3 aromatic rings. The van der Waals surface area contributed by atoms with Crippen LogP contribution in [-0.2, 0) is 0 Å². The van der Waals surface area contributed by atoms with Gasteiger partial charge >= 0.3 is 0 Å². The highest BCUT2D eigenvalue weighted by molar-refractivity contribution is 6.32. The Bertz CT molecular complexity index is 1190. The van der Waals surface area contributed by atoms with Crippen LogP contribution in [0.15, 0.2) is 36.5 Å². The lowest BCUT2D eigenvalue weighted by molar-refractivity contribution is 0.0518. The summed E-state index contributed by atoms with van der Waals surface area (Å²) in [5.74, 6) is -2.06. The largest absolute Gasteiger partial charge is 0.282 e. The Labute approximate surface area is 175 Å². The Morgan fingerprint density at radius 3 is 2.45 bits per heavy atom. The fourth-order valence-electron chi connectivity index (χ4n) is 3.20. The molecule has 3 heterocycles. The van der Waals surface area contributed by atoms with Gasteiger partial charge < -0.3 is 0 Å². The van der Waals surface area contributed by atoms with Gasteiger partial charge in [0.2, 0.25) is 0 Å². The molecule has 0 unspecified atom stereocenters. The Morgan fingerprint density at radius 1 is 1.07 bits per heavy atom. The number of carbonyl (C=O) groups is 3. The number of nitrogens with one attached hydrogen (secondary N) is 1. The number of imide groups is 1. The molecule has 0 radical (unpaired) electrons. The number of hydrazine groups is 1. The molecule has 0 spiro atoms. The summed E-state index contributed by atoms with van der Waals surface area (Å²) < 4.78 is 0. The standard InChI is InChI=1S/C20H14Cl2N4O3/c1-9(2)17-16-15(12-7-11(21)4-5-13(12)24-17)19(28)26(20(16)29)25-18(27)10-3-6-14(22)23-8-10/h3-9H,1-2H3,(H,25,27). The fourth-order valence-corrected chi connectivity index (χ4v) is 3.49. The third-order valence-corrected chi connectivity index (χ3v) is 5.02. The fraction of sp³-hybridized carbons (Fsp3) is 0.150. The van der Waals surface area contributed by atoms with Crippen LogP contribution in [0.1, 0.15) is 56.5 Å². The minimum atomic E-state index is -0.662. The van der Waals surface area contributed by atoms with Gasteiger partial charge in [0.05, 0.1) is 27.9 Å². The highest BCUT2D eigenvalue weighted by Gasteiger charge is 2.41. The Balaban J connectivity index is 1.80. The van der Waals surface area contributed by atoms with Crippen molar-refractivity contribution in [1.82, 2.24) is 20.4 Å². The summed E-state index contributed by atoms with van der Waals surface area (Å²) in [5, 5.41) is 1.79. The SMILES string of the molecule is CC(C)c1nc2ccc(Cl)cc2c2c1C(=O)N(NC(=O)c1ccc(Cl)nc1)C2=O. The number of rotatable bonds is 3. The number of nitrogens with zero attached hydrogens (tertiary/aromatic N) is 3. The minimum Gasteiger partial charge on any atom is -0.267 e. The molecule has 9 heteroatoms. The lowest BCUT2D eigenvalue weighted by atomic mass is 9.97. The third-order valence-electron chi connectivity index (χ3n) is 4.56. The number of pyridine rings is 2. The van der Waals surface area contributed by atoms with Crippen LogP contribution in [0.3, 0.4) is 0 Å². The first kappa shape index (κ1) is 19.3. The number of hydrogen-bond donors (Lipinski definition) is 1. The summed E-state index contributed by atoms with van der Waals surface area (Å²) >= 11 is 11.8. The van der Waals surface area contributed by atoms with Crippen LogP contribution < -0.4 is 5.43 Å². The van der Waals surface area contributed by atoms with Crippen LogP contribution in [0.4, 0.5) is 0 Å². The molecule has 4 rings (SSSR count). The summed E-state index contributed by atoms with van der Waals surface area (Å²) in [5.41, 5.74) is 3.90. The number of halogens is 2. The van der Waals surface area contributed by atoms with Crippen LogP contribution in [0.5, 0.6) is 0 Å². The monoisotopic (exact) mass is 428 g/mol. The van der Waals surface area contributed by atoms with E-state index in [1.54, 1.807) is 18.2 Å². The van der Waals surface area contributed by atoms with Crippen molar-refractivity contribution < 1.29 is 14.4 Å². The van der Waals surface area contributed by atoms with Crippen molar-refractivity contribution in [2.24, 2.45) is 0 Å².